The largest absolute Gasteiger partial charge is 0.399 e. The summed E-state index contributed by atoms with van der Waals surface area (Å²) in [5.41, 5.74) is 7.64. The molecule has 1 fully saturated rings. The van der Waals surface area contributed by atoms with Crippen LogP contribution in [-0.2, 0) is 4.79 Å². The molecule has 1 saturated carbocycles. The maximum absolute atomic E-state index is 12.2. The molecule has 0 atom stereocenters. The molecule has 1 aliphatic carbocycles. The van der Waals surface area contributed by atoms with E-state index < -0.39 is 0 Å². The Morgan fingerprint density at radius 1 is 1.42 bits per heavy atom. The lowest BCUT2D eigenvalue weighted by Gasteiger charge is -2.18. The molecule has 3 N–H and O–H groups in total. The van der Waals surface area contributed by atoms with Gasteiger partial charge in [-0.15, -0.1) is 0 Å². The van der Waals surface area contributed by atoms with E-state index in [-0.39, 0.29) is 18.4 Å². The van der Waals surface area contributed by atoms with Crippen LogP contribution >= 0.6 is 0 Å². The zero-order valence-electron chi connectivity index (χ0n) is 11.3. The highest BCUT2D eigenvalue weighted by Gasteiger charge is 2.24. The Kier molecular flexibility index (Phi) is 3.74. The van der Waals surface area contributed by atoms with Gasteiger partial charge in [0.1, 0.15) is 0 Å². The highest BCUT2D eigenvalue weighted by Crippen LogP contribution is 2.18. The van der Waals surface area contributed by atoms with E-state index in [2.05, 4.69) is 5.32 Å². The molecule has 0 spiro atoms. The predicted octanol–water partition coefficient (Wildman–Crippen LogP) is 0.928. The van der Waals surface area contributed by atoms with Crippen molar-refractivity contribution in [2.24, 2.45) is 0 Å². The maximum Gasteiger partial charge on any atom is 0.254 e. The van der Waals surface area contributed by atoms with Crippen molar-refractivity contribution < 1.29 is 9.59 Å². The molecule has 1 aromatic carbocycles. The highest BCUT2D eigenvalue weighted by atomic mass is 16.2. The number of amides is 2. The molecule has 2 amide bonds. The molecule has 0 unspecified atom stereocenters. The molecule has 2 rings (SSSR count). The molecule has 0 heterocycles. The second-order valence-electron chi connectivity index (χ2n) is 5.08. The summed E-state index contributed by atoms with van der Waals surface area (Å²) in [5, 5.41) is 2.86. The number of likely N-dealkylation sites (N-methyl/N-ethyl adjacent to an activating group) is 1. The number of nitrogens with one attached hydrogen (secondary N) is 1. The first-order valence-electron chi connectivity index (χ1n) is 6.38. The summed E-state index contributed by atoms with van der Waals surface area (Å²) in [6.45, 7) is 1.92. The average molecular weight is 261 g/mol. The third-order valence-corrected chi connectivity index (χ3v) is 3.16. The average Bonchev–Trinajstić information content (AvgIpc) is 3.15. The lowest BCUT2D eigenvalue weighted by Crippen LogP contribution is -2.39. The molecule has 0 aromatic heterocycles. The van der Waals surface area contributed by atoms with Crippen molar-refractivity contribution >= 4 is 17.5 Å². The summed E-state index contributed by atoms with van der Waals surface area (Å²) in [5.74, 6) is -0.296. The van der Waals surface area contributed by atoms with Crippen molar-refractivity contribution in [1.29, 1.82) is 0 Å². The Balaban J connectivity index is 2.01. The minimum Gasteiger partial charge on any atom is -0.399 e. The van der Waals surface area contributed by atoms with Crippen LogP contribution in [0.4, 0.5) is 5.69 Å². The smallest absolute Gasteiger partial charge is 0.254 e. The molecule has 0 radical (unpaired) electrons. The van der Waals surface area contributed by atoms with Gasteiger partial charge in [-0.2, -0.15) is 0 Å². The number of rotatable bonds is 4. The topological polar surface area (TPSA) is 75.4 Å². The summed E-state index contributed by atoms with van der Waals surface area (Å²) < 4.78 is 0. The molecule has 5 heteroatoms. The van der Waals surface area contributed by atoms with Crippen LogP contribution in [-0.4, -0.2) is 36.3 Å². The number of carbonyl (C=O) groups excluding carboxylic acids is 2. The fraction of sp³-hybridized carbons (Fsp3) is 0.429. The van der Waals surface area contributed by atoms with Crippen LogP contribution in [0.5, 0.6) is 0 Å². The van der Waals surface area contributed by atoms with Gasteiger partial charge in [0, 0.05) is 24.3 Å². The standard InChI is InChI=1S/C14H19N3O2/c1-9-3-4-10(15)7-12(9)14(19)17(2)8-13(18)16-11-5-6-11/h3-4,7,11H,5-6,8,15H2,1-2H3,(H,16,18). The van der Waals surface area contributed by atoms with Crippen molar-refractivity contribution in [3.8, 4) is 0 Å². The summed E-state index contributed by atoms with van der Waals surface area (Å²) >= 11 is 0. The number of nitrogens with two attached hydrogens (primary N) is 1. The number of hydrogen-bond donors (Lipinski definition) is 2. The van der Waals surface area contributed by atoms with Crippen molar-refractivity contribution in [3.63, 3.8) is 0 Å². The molecule has 1 aromatic rings. The molecular formula is C14H19N3O2. The SMILES string of the molecule is Cc1ccc(N)cc1C(=O)N(C)CC(=O)NC1CC1. The number of hydrogen-bond acceptors (Lipinski definition) is 3. The number of anilines is 1. The monoisotopic (exact) mass is 261 g/mol. The van der Waals surface area contributed by atoms with Crippen LogP contribution < -0.4 is 11.1 Å². The normalized spacial score (nSPS) is 14.0. The summed E-state index contributed by atoms with van der Waals surface area (Å²) in [6.07, 6.45) is 2.08. The first-order chi connectivity index (χ1) is 8.97. The molecule has 0 saturated heterocycles. The Bertz CT molecular complexity index is 509. The zero-order chi connectivity index (χ0) is 14.0. The maximum atomic E-state index is 12.2. The van der Waals surface area contributed by atoms with Crippen LogP contribution in [0.2, 0.25) is 0 Å². The summed E-state index contributed by atoms with van der Waals surface area (Å²) in [7, 11) is 1.62. The van der Waals surface area contributed by atoms with Crippen LogP contribution in [0.3, 0.4) is 0 Å². The lowest BCUT2D eigenvalue weighted by atomic mass is 10.1. The minimum atomic E-state index is -0.184. The Hall–Kier alpha value is -2.04. The third kappa shape index (κ3) is 3.47. The van der Waals surface area contributed by atoms with Crippen LogP contribution in [0.1, 0.15) is 28.8 Å². The van der Waals surface area contributed by atoms with Gasteiger partial charge in [-0.1, -0.05) is 6.07 Å². The summed E-state index contributed by atoms with van der Waals surface area (Å²) in [6, 6.07) is 5.52. The van der Waals surface area contributed by atoms with Gasteiger partial charge in [0.05, 0.1) is 6.54 Å². The second-order valence-corrected chi connectivity index (χ2v) is 5.08. The Morgan fingerprint density at radius 3 is 2.74 bits per heavy atom. The molecule has 1 aliphatic rings. The molecule has 5 nitrogen and oxygen atoms in total. The van der Waals surface area contributed by atoms with Gasteiger partial charge in [-0.3, -0.25) is 9.59 Å². The van der Waals surface area contributed by atoms with E-state index in [9.17, 15) is 9.59 Å². The number of benzene rings is 1. The van der Waals surface area contributed by atoms with Crippen molar-refractivity contribution in [3.05, 3.63) is 29.3 Å². The van der Waals surface area contributed by atoms with Crippen molar-refractivity contribution in [2.75, 3.05) is 19.3 Å². The van der Waals surface area contributed by atoms with E-state index in [0.717, 1.165) is 18.4 Å². The van der Waals surface area contributed by atoms with Crippen molar-refractivity contribution in [1.82, 2.24) is 10.2 Å². The zero-order valence-corrected chi connectivity index (χ0v) is 11.3. The van der Waals surface area contributed by atoms with Gasteiger partial charge < -0.3 is 16.0 Å². The van der Waals surface area contributed by atoms with Gasteiger partial charge in [-0.05, 0) is 37.5 Å². The van der Waals surface area contributed by atoms with Crippen LogP contribution in [0.25, 0.3) is 0 Å². The van der Waals surface area contributed by atoms with Crippen LogP contribution in [0, 0.1) is 6.92 Å². The number of nitrogens with zero attached hydrogens (tertiary/aromatic N) is 1. The molecule has 0 bridgehead atoms. The first kappa shape index (κ1) is 13.4. The van der Waals surface area contributed by atoms with Crippen molar-refractivity contribution in [2.45, 2.75) is 25.8 Å². The lowest BCUT2D eigenvalue weighted by molar-refractivity contribution is -0.121. The molecule has 102 valence electrons. The minimum absolute atomic E-state index is 0.0730. The fourth-order valence-corrected chi connectivity index (χ4v) is 1.86. The molecule has 0 aliphatic heterocycles. The Morgan fingerprint density at radius 2 is 2.11 bits per heavy atom. The second kappa shape index (κ2) is 5.30. The van der Waals surface area contributed by atoms with Gasteiger partial charge >= 0.3 is 0 Å². The quantitative estimate of drug-likeness (QED) is 0.792. The number of nitrogen functional groups attached to an aromatic ring is 1. The van der Waals surface area contributed by atoms with E-state index in [1.54, 1.807) is 25.2 Å². The predicted molar refractivity (Wildman–Crippen MR) is 73.7 cm³/mol. The van der Waals surface area contributed by atoms with E-state index in [1.165, 1.54) is 4.90 Å². The van der Waals surface area contributed by atoms with Gasteiger partial charge in [-0.25, -0.2) is 0 Å². The summed E-state index contributed by atoms with van der Waals surface area (Å²) in [4.78, 5) is 25.3. The third-order valence-electron chi connectivity index (χ3n) is 3.16. The van der Waals surface area contributed by atoms with Gasteiger partial charge in [0.15, 0.2) is 0 Å². The van der Waals surface area contributed by atoms with Gasteiger partial charge in [0.2, 0.25) is 5.91 Å². The van der Waals surface area contributed by atoms with Crippen LogP contribution in [0.15, 0.2) is 18.2 Å². The highest BCUT2D eigenvalue weighted by molar-refractivity contribution is 5.98. The Labute approximate surface area is 112 Å². The fourth-order valence-electron chi connectivity index (χ4n) is 1.86. The number of carbonyl (C=O) groups is 2. The van der Waals surface area contributed by atoms with E-state index in [1.807, 2.05) is 6.92 Å². The molecule has 19 heavy (non-hydrogen) atoms. The first-order valence-corrected chi connectivity index (χ1v) is 6.38. The van der Waals surface area contributed by atoms with E-state index in [4.69, 9.17) is 5.73 Å². The van der Waals surface area contributed by atoms with E-state index >= 15 is 0 Å². The number of aryl methyl sites for hydroxylation is 1. The van der Waals surface area contributed by atoms with Gasteiger partial charge in [0.25, 0.3) is 5.91 Å². The van der Waals surface area contributed by atoms with E-state index in [0.29, 0.717) is 17.3 Å². The molecular weight excluding hydrogens is 242 g/mol.